The molecule has 1 N–H and O–H groups in total. The lowest BCUT2D eigenvalue weighted by atomic mass is 9.93. The fraction of sp³-hybridized carbons (Fsp3) is 0.600. The fourth-order valence-corrected chi connectivity index (χ4v) is 2.60. The molecule has 1 aromatic rings. The molecule has 0 saturated carbocycles. The van der Waals surface area contributed by atoms with E-state index in [1.54, 1.807) is 0 Å². The topological polar surface area (TPSA) is 45.2 Å². The summed E-state index contributed by atoms with van der Waals surface area (Å²) in [7, 11) is 1.99. The normalized spacial score (nSPS) is 16.6. The van der Waals surface area contributed by atoms with E-state index in [0.717, 1.165) is 44.1 Å². The predicted molar refractivity (Wildman–Crippen MR) is 76.1 cm³/mol. The molecule has 0 atom stereocenters. The molecule has 1 fully saturated rings. The van der Waals surface area contributed by atoms with Gasteiger partial charge in [-0.05, 0) is 57.8 Å². The van der Waals surface area contributed by atoms with Crippen molar-refractivity contribution in [3.63, 3.8) is 0 Å². The number of piperidine rings is 1. The maximum Gasteiger partial charge on any atom is 0.272 e. The van der Waals surface area contributed by atoms with Crippen LogP contribution >= 0.6 is 0 Å². The standard InChI is InChI=1S/C15H23N3O/c1-12-4-3-5-14(17-12)15(19)18-10-7-13(8-11-18)6-9-16-2/h3-5,13,16H,6-11H2,1-2H3. The van der Waals surface area contributed by atoms with Gasteiger partial charge in [0.1, 0.15) is 5.69 Å². The summed E-state index contributed by atoms with van der Waals surface area (Å²) in [6.45, 7) is 4.71. The van der Waals surface area contributed by atoms with Crippen LogP contribution in [0.4, 0.5) is 0 Å². The number of amides is 1. The van der Waals surface area contributed by atoms with Gasteiger partial charge in [-0.3, -0.25) is 4.79 Å². The van der Waals surface area contributed by atoms with Crippen molar-refractivity contribution in [1.82, 2.24) is 15.2 Å². The molecule has 2 rings (SSSR count). The van der Waals surface area contributed by atoms with Gasteiger partial charge in [-0.15, -0.1) is 0 Å². The molecule has 0 aromatic carbocycles. The molecule has 4 nitrogen and oxygen atoms in total. The number of rotatable bonds is 4. The number of carbonyl (C=O) groups is 1. The number of pyridine rings is 1. The van der Waals surface area contributed by atoms with Crippen molar-refractivity contribution >= 4 is 5.91 Å². The Morgan fingerprint density at radius 1 is 1.42 bits per heavy atom. The number of carbonyl (C=O) groups excluding carboxylic acids is 1. The Hall–Kier alpha value is -1.42. The van der Waals surface area contributed by atoms with Crippen molar-refractivity contribution in [1.29, 1.82) is 0 Å². The number of likely N-dealkylation sites (tertiary alicyclic amines) is 1. The second kappa shape index (κ2) is 6.66. The largest absolute Gasteiger partial charge is 0.337 e. The van der Waals surface area contributed by atoms with Crippen LogP contribution in [-0.4, -0.2) is 42.5 Å². The third kappa shape index (κ3) is 3.77. The van der Waals surface area contributed by atoms with E-state index in [2.05, 4.69) is 10.3 Å². The first-order chi connectivity index (χ1) is 9.20. The van der Waals surface area contributed by atoms with Gasteiger partial charge in [0.15, 0.2) is 0 Å². The summed E-state index contributed by atoms with van der Waals surface area (Å²) in [5.41, 5.74) is 1.48. The molecule has 1 aliphatic rings. The van der Waals surface area contributed by atoms with Crippen LogP contribution < -0.4 is 5.32 Å². The zero-order chi connectivity index (χ0) is 13.7. The Labute approximate surface area is 115 Å². The average Bonchev–Trinajstić information content (AvgIpc) is 2.45. The van der Waals surface area contributed by atoms with E-state index in [0.29, 0.717) is 5.69 Å². The number of aryl methyl sites for hydroxylation is 1. The first-order valence-electron chi connectivity index (χ1n) is 7.08. The van der Waals surface area contributed by atoms with Crippen LogP contribution in [0.1, 0.15) is 35.4 Å². The smallest absolute Gasteiger partial charge is 0.272 e. The Kier molecular flexibility index (Phi) is 4.91. The summed E-state index contributed by atoms with van der Waals surface area (Å²) in [6, 6.07) is 5.62. The summed E-state index contributed by atoms with van der Waals surface area (Å²) in [6.07, 6.45) is 3.43. The SMILES string of the molecule is CNCCC1CCN(C(=O)c2cccc(C)n2)CC1. The van der Waals surface area contributed by atoms with E-state index >= 15 is 0 Å². The fourth-order valence-electron chi connectivity index (χ4n) is 2.60. The highest BCUT2D eigenvalue weighted by Crippen LogP contribution is 2.21. The van der Waals surface area contributed by atoms with E-state index in [1.165, 1.54) is 6.42 Å². The lowest BCUT2D eigenvalue weighted by Gasteiger charge is -2.31. The molecule has 1 saturated heterocycles. The molecule has 1 aliphatic heterocycles. The van der Waals surface area contributed by atoms with Gasteiger partial charge < -0.3 is 10.2 Å². The number of hydrogen-bond acceptors (Lipinski definition) is 3. The van der Waals surface area contributed by atoms with Crippen molar-refractivity contribution in [3.8, 4) is 0 Å². The minimum atomic E-state index is 0.0794. The Balaban J connectivity index is 1.89. The molecule has 4 heteroatoms. The highest BCUT2D eigenvalue weighted by atomic mass is 16.2. The summed E-state index contributed by atoms with van der Waals surface area (Å²) in [5, 5.41) is 3.19. The predicted octanol–water partition coefficient (Wildman–Crippen LogP) is 1.85. The van der Waals surface area contributed by atoms with Crippen molar-refractivity contribution in [2.45, 2.75) is 26.2 Å². The summed E-state index contributed by atoms with van der Waals surface area (Å²) in [4.78, 5) is 18.6. The zero-order valence-electron chi connectivity index (χ0n) is 11.9. The van der Waals surface area contributed by atoms with Crippen molar-refractivity contribution in [2.75, 3.05) is 26.7 Å². The van der Waals surface area contributed by atoms with Gasteiger partial charge in [0, 0.05) is 18.8 Å². The highest BCUT2D eigenvalue weighted by molar-refractivity contribution is 5.92. The summed E-state index contributed by atoms with van der Waals surface area (Å²) >= 11 is 0. The highest BCUT2D eigenvalue weighted by Gasteiger charge is 2.23. The molecule has 0 bridgehead atoms. The number of aromatic nitrogens is 1. The summed E-state index contributed by atoms with van der Waals surface area (Å²) < 4.78 is 0. The van der Waals surface area contributed by atoms with Crippen LogP contribution in [0.15, 0.2) is 18.2 Å². The van der Waals surface area contributed by atoms with Crippen LogP contribution in [0.3, 0.4) is 0 Å². The van der Waals surface area contributed by atoms with Gasteiger partial charge in [-0.25, -0.2) is 4.98 Å². The first-order valence-corrected chi connectivity index (χ1v) is 7.08. The van der Waals surface area contributed by atoms with E-state index in [1.807, 2.05) is 37.1 Å². The first kappa shape index (κ1) is 14.0. The Morgan fingerprint density at radius 2 is 2.16 bits per heavy atom. The number of nitrogens with one attached hydrogen (secondary N) is 1. The molecule has 0 unspecified atom stereocenters. The number of hydrogen-bond donors (Lipinski definition) is 1. The van der Waals surface area contributed by atoms with Gasteiger partial charge in [0.2, 0.25) is 0 Å². The van der Waals surface area contributed by atoms with Gasteiger partial charge in [0.05, 0.1) is 0 Å². The molecule has 0 radical (unpaired) electrons. The van der Waals surface area contributed by atoms with Gasteiger partial charge in [0.25, 0.3) is 5.91 Å². The molecule has 1 amide bonds. The van der Waals surface area contributed by atoms with Gasteiger partial charge >= 0.3 is 0 Å². The molecule has 1 aromatic heterocycles. The van der Waals surface area contributed by atoms with Gasteiger partial charge in [-0.1, -0.05) is 6.07 Å². The minimum Gasteiger partial charge on any atom is -0.337 e. The molecule has 0 aliphatic carbocycles. The molecule has 0 spiro atoms. The molecule has 2 heterocycles. The minimum absolute atomic E-state index is 0.0794. The van der Waals surface area contributed by atoms with Crippen LogP contribution in [0.5, 0.6) is 0 Å². The maximum absolute atomic E-state index is 12.3. The van der Waals surface area contributed by atoms with Crippen molar-refractivity contribution in [2.24, 2.45) is 5.92 Å². The molecule has 104 valence electrons. The monoisotopic (exact) mass is 261 g/mol. The zero-order valence-corrected chi connectivity index (χ0v) is 11.9. The Bertz CT molecular complexity index is 425. The van der Waals surface area contributed by atoms with E-state index in [4.69, 9.17) is 0 Å². The molecular formula is C15H23N3O. The summed E-state index contributed by atoms with van der Waals surface area (Å²) in [5.74, 6) is 0.831. The molecular weight excluding hydrogens is 238 g/mol. The third-order valence-electron chi connectivity index (χ3n) is 3.81. The third-order valence-corrected chi connectivity index (χ3v) is 3.81. The van der Waals surface area contributed by atoms with Crippen LogP contribution in [0.25, 0.3) is 0 Å². The van der Waals surface area contributed by atoms with E-state index in [9.17, 15) is 4.79 Å². The second-order valence-corrected chi connectivity index (χ2v) is 5.29. The van der Waals surface area contributed by atoms with Crippen LogP contribution in [-0.2, 0) is 0 Å². The maximum atomic E-state index is 12.3. The second-order valence-electron chi connectivity index (χ2n) is 5.29. The number of nitrogens with zero attached hydrogens (tertiary/aromatic N) is 2. The van der Waals surface area contributed by atoms with Gasteiger partial charge in [-0.2, -0.15) is 0 Å². The van der Waals surface area contributed by atoms with Crippen LogP contribution in [0, 0.1) is 12.8 Å². The van der Waals surface area contributed by atoms with E-state index < -0.39 is 0 Å². The van der Waals surface area contributed by atoms with Crippen LogP contribution in [0.2, 0.25) is 0 Å². The van der Waals surface area contributed by atoms with E-state index in [-0.39, 0.29) is 5.91 Å². The quantitative estimate of drug-likeness (QED) is 0.899. The average molecular weight is 261 g/mol. The lowest BCUT2D eigenvalue weighted by molar-refractivity contribution is 0.0681. The van der Waals surface area contributed by atoms with Crippen molar-refractivity contribution in [3.05, 3.63) is 29.6 Å². The Morgan fingerprint density at radius 3 is 2.79 bits per heavy atom. The lowest BCUT2D eigenvalue weighted by Crippen LogP contribution is -2.39. The van der Waals surface area contributed by atoms with Crippen molar-refractivity contribution < 1.29 is 4.79 Å². The molecule has 19 heavy (non-hydrogen) atoms.